The summed E-state index contributed by atoms with van der Waals surface area (Å²) in [7, 11) is 3.37. The average molecular weight is 369 g/mol. The van der Waals surface area contributed by atoms with Gasteiger partial charge in [-0.05, 0) is 0 Å². The Morgan fingerprint density at radius 2 is 1.06 bits per heavy atom. The van der Waals surface area contributed by atoms with Crippen LogP contribution in [0.15, 0.2) is 48.5 Å². The Hall–Kier alpha value is -0.922. The number of halogens is 1. The molecule has 0 aliphatic carbocycles. The molecule has 0 atom stereocenters. The minimum absolute atomic E-state index is 0.892. The zero-order valence-electron chi connectivity index (χ0n) is 10.3. The number of hydrogen-bond acceptors (Lipinski definition) is 2. The molecule has 4 heteroatoms. The molecule has 0 aromatic heterocycles. The van der Waals surface area contributed by atoms with Crippen LogP contribution < -0.4 is 18.2 Å². The van der Waals surface area contributed by atoms with E-state index in [1.165, 1.54) is 8.70 Å². The molecule has 0 bridgehead atoms. The number of benzene rings is 2. The molecule has 0 fully saturated rings. The van der Waals surface area contributed by atoms with Crippen molar-refractivity contribution in [3.05, 3.63) is 48.5 Å². The van der Waals surface area contributed by atoms with Gasteiger partial charge in [-0.2, -0.15) is 0 Å². The van der Waals surface area contributed by atoms with Gasteiger partial charge in [0.15, 0.2) is 0 Å². The van der Waals surface area contributed by atoms with Gasteiger partial charge >= 0.3 is 119 Å². The van der Waals surface area contributed by atoms with Gasteiger partial charge in [0.05, 0.1) is 0 Å². The van der Waals surface area contributed by atoms with E-state index in [0.29, 0.717) is 0 Å². The molecule has 2 aromatic rings. The fourth-order valence-corrected chi connectivity index (χ4v) is 6.38. The van der Waals surface area contributed by atoms with Gasteiger partial charge in [0.1, 0.15) is 0 Å². The third-order valence-corrected chi connectivity index (χ3v) is 10.0. The van der Waals surface area contributed by atoms with Crippen molar-refractivity contribution in [1.82, 2.24) is 0 Å². The van der Waals surface area contributed by atoms with Crippen LogP contribution in [0.5, 0.6) is 11.5 Å². The van der Waals surface area contributed by atoms with Crippen LogP contribution in [0, 0.1) is 0 Å². The molecule has 0 spiro atoms. The number of methoxy groups -OCH3 is 2. The van der Waals surface area contributed by atoms with Crippen LogP contribution in [0.4, 0.5) is 0 Å². The van der Waals surface area contributed by atoms with E-state index in [2.05, 4.69) is 38.2 Å². The summed E-state index contributed by atoms with van der Waals surface area (Å²) in [6, 6.07) is 16.5. The van der Waals surface area contributed by atoms with Crippen molar-refractivity contribution >= 4 is 35.4 Å². The quantitative estimate of drug-likeness (QED) is 0.770. The van der Waals surface area contributed by atoms with Crippen LogP contribution in [0.1, 0.15) is 0 Å². The van der Waals surface area contributed by atoms with E-state index in [0.717, 1.165) is 11.5 Å². The first kappa shape index (κ1) is 13.5. The van der Waals surface area contributed by atoms with Gasteiger partial charge in [0.2, 0.25) is 0 Å². The third kappa shape index (κ3) is 3.09. The zero-order chi connectivity index (χ0) is 13.0. The van der Waals surface area contributed by atoms with Crippen molar-refractivity contribution in [3.63, 3.8) is 0 Å². The molecular weight excluding hydrogens is 355 g/mol. The number of hydrogen-bond donors (Lipinski definition) is 0. The van der Waals surface area contributed by atoms with Crippen molar-refractivity contribution in [1.29, 1.82) is 0 Å². The Labute approximate surface area is 119 Å². The second-order valence-electron chi connectivity index (χ2n) is 3.68. The molecule has 0 unspecified atom stereocenters. The first-order chi connectivity index (χ1) is 8.74. The standard InChI is InChI=1S/C14H14AsBrO2/c1-17-13-7-3-11(4-8-13)15(16)12-5-9-14(18-2)10-6-12/h3-10H,1-2H3. The molecule has 0 N–H and O–H groups in total. The van der Waals surface area contributed by atoms with Gasteiger partial charge in [-0.3, -0.25) is 0 Å². The molecule has 0 radical (unpaired) electrons. The Bertz CT molecular complexity index is 449. The monoisotopic (exact) mass is 368 g/mol. The maximum absolute atomic E-state index is 5.17. The summed E-state index contributed by atoms with van der Waals surface area (Å²) >= 11 is 2.50. The van der Waals surface area contributed by atoms with Crippen molar-refractivity contribution in [3.8, 4) is 11.5 Å². The van der Waals surface area contributed by atoms with Gasteiger partial charge < -0.3 is 0 Å². The summed E-state index contributed by atoms with van der Waals surface area (Å²) in [6.45, 7) is 0. The van der Waals surface area contributed by atoms with Crippen molar-refractivity contribution in [2.45, 2.75) is 0 Å². The fraction of sp³-hybridized carbons (Fsp3) is 0.143. The molecule has 2 rings (SSSR count). The van der Waals surface area contributed by atoms with E-state index < -0.39 is 12.8 Å². The number of ether oxygens (including phenoxy) is 2. The molecule has 18 heavy (non-hydrogen) atoms. The molecule has 2 nitrogen and oxygen atoms in total. The van der Waals surface area contributed by atoms with Crippen molar-refractivity contribution < 1.29 is 9.47 Å². The second-order valence-corrected chi connectivity index (χ2v) is 10.7. The first-order valence-corrected chi connectivity index (χ1v) is 11.8. The summed E-state index contributed by atoms with van der Waals surface area (Å²) in [5.74, 6) is 1.78. The van der Waals surface area contributed by atoms with Crippen LogP contribution in [0.2, 0.25) is 0 Å². The molecule has 94 valence electrons. The van der Waals surface area contributed by atoms with E-state index in [9.17, 15) is 0 Å². The molecular formula is C14H14AsBrO2. The van der Waals surface area contributed by atoms with Gasteiger partial charge in [0.25, 0.3) is 0 Å². The maximum atomic E-state index is 5.17. The molecule has 0 aliphatic heterocycles. The number of rotatable bonds is 4. The van der Waals surface area contributed by atoms with Crippen LogP contribution in [-0.4, -0.2) is 27.0 Å². The van der Waals surface area contributed by atoms with Crippen LogP contribution in [0.3, 0.4) is 0 Å². The van der Waals surface area contributed by atoms with Crippen molar-refractivity contribution in [2.75, 3.05) is 14.2 Å². The Kier molecular flexibility index (Phi) is 4.73. The molecule has 0 saturated carbocycles. The van der Waals surface area contributed by atoms with E-state index in [-0.39, 0.29) is 0 Å². The summed E-state index contributed by atoms with van der Waals surface area (Å²) in [5, 5.41) is 0. The van der Waals surface area contributed by atoms with Crippen LogP contribution >= 0.6 is 13.9 Å². The predicted octanol–water partition coefficient (Wildman–Crippen LogP) is 2.20. The summed E-state index contributed by atoms with van der Waals surface area (Å²) in [4.78, 5) is 0. The van der Waals surface area contributed by atoms with E-state index in [4.69, 9.17) is 9.47 Å². The fourth-order valence-electron chi connectivity index (χ4n) is 1.58. The SMILES string of the molecule is COc1ccc([As](Br)c2ccc(OC)cc2)cc1. The second kappa shape index (κ2) is 6.31. The van der Waals surface area contributed by atoms with Crippen LogP contribution in [-0.2, 0) is 0 Å². The molecule has 0 amide bonds. The molecule has 0 heterocycles. The van der Waals surface area contributed by atoms with E-state index in [1.807, 2.05) is 24.3 Å². The summed E-state index contributed by atoms with van der Waals surface area (Å²) < 4.78 is 13.0. The van der Waals surface area contributed by atoms with E-state index >= 15 is 0 Å². The van der Waals surface area contributed by atoms with Gasteiger partial charge in [0, 0.05) is 0 Å². The molecule has 0 aliphatic rings. The predicted molar refractivity (Wildman–Crippen MR) is 79.9 cm³/mol. The minimum atomic E-state index is -1.35. The van der Waals surface area contributed by atoms with Crippen molar-refractivity contribution in [2.24, 2.45) is 0 Å². The molecule has 0 saturated heterocycles. The normalized spacial score (nSPS) is 10.4. The summed E-state index contributed by atoms with van der Waals surface area (Å²) in [6.07, 6.45) is 0. The summed E-state index contributed by atoms with van der Waals surface area (Å²) in [5.41, 5.74) is 0. The topological polar surface area (TPSA) is 18.5 Å². The van der Waals surface area contributed by atoms with Gasteiger partial charge in [-0.15, -0.1) is 0 Å². The van der Waals surface area contributed by atoms with Crippen LogP contribution in [0.25, 0.3) is 0 Å². The zero-order valence-corrected chi connectivity index (χ0v) is 13.7. The Morgan fingerprint density at radius 3 is 1.33 bits per heavy atom. The Balaban J connectivity index is 2.20. The molecule has 2 aromatic carbocycles. The Morgan fingerprint density at radius 1 is 0.722 bits per heavy atom. The van der Waals surface area contributed by atoms with Gasteiger partial charge in [-0.25, -0.2) is 0 Å². The average Bonchev–Trinajstić information content (AvgIpc) is 2.47. The first-order valence-electron chi connectivity index (χ1n) is 5.48. The van der Waals surface area contributed by atoms with Gasteiger partial charge in [-0.1, -0.05) is 0 Å². The third-order valence-electron chi connectivity index (χ3n) is 2.60. The van der Waals surface area contributed by atoms with E-state index in [1.54, 1.807) is 14.2 Å².